The van der Waals surface area contributed by atoms with Gasteiger partial charge in [0.25, 0.3) is 0 Å². The number of aliphatic hydroxyl groups is 3. The molecular formula is C40H43IO11. The molecule has 12 heteroatoms. The Labute approximate surface area is 316 Å². The van der Waals surface area contributed by atoms with Gasteiger partial charge in [0.05, 0.1) is 26.4 Å². The van der Waals surface area contributed by atoms with Crippen LogP contribution in [-0.4, -0.2) is 87.4 Å². The zero-order valence-corrected chi connectivity index (χ0v) is 30.4. The maximum absolute atomic E-state index is 11.7. The van der Waals surface area contributed by atoms with Gasteiger partial charge in [-0.25, -0.2) is 0 Å². The minimum atomic E-state index is -1.56. The number of benzene rings is 4. The summed E-state index contributed by atoms with van der Waals surface area (Å²) in [7, 11) is 0. The Bertz CT molecular complexity index is 1640. The summed E-state index contributed by atoms with van der Waals surface area (Å²) in [5.74, 6) is 0. The van der Waals surface area contributed by atoms with Gasteiger partial charge in [-0.15, -0.1) is 0 Å². The fraction of sp³-hybridized carbons (Fsp3) is 0.400. The molecule has 0 aromatic heterocycles. The Morgan fingerprint density at radius 3 is 1.65 bits per heavy atom. The van der Waals surface area contributed by atoms with E-state index in [1.807, 2.05) is 144 Å². The molecular weight excluding hydrogens is 783 g/mol. The van der Waals surface area contributed by atoms with Gasteiger partial charge in [0, 0.05) is 5.56 Å². The molecule has 3 fully saturated rings. The van der Waals surface area contributed by atoms with Crippen molar-refractivity contribution in [3.05, 3.63) is 144 Å². The first-order chi connectivity index (χ1) is 25.4. The van der Waals surface area contributed by atoms with Gasteiger partial charge >= 0.3 is 0 Å². The second-order valence-electron chi connectivity index (χ2n) is 13.0. The van der Waals surface area contributed by atoms with Crippen LogP contribution in [0.3, 0.4) is 0 Å². The second kappa shape index (κ2) is 18.0. The summed E-state index contributed by atoms with van der Waals surface area (Å²) >= 11 is 1.88. The largest absolute Gasteiger partial charge is 0.387 e. The molecule has 0 amide bonds. The van der Waals surface area contributed by atoms with E-state index < -0.39 is 71.8 Å². The number of alkyl halides is 1. The van der Waals surface area contributed by atoms with Crippen LogP contribution in [0.5, 0.6) is 0 Å². The molecule has 52 heavy (non-hydrogen) atoms. The average Bonchev–Trinajstić information content (AvgIpc) is 3.18. The Morgan fingerprint density at radius 1 is 0.615 bits per heavy atom. The summed E-state index contributed by atoms with van der Waals surface area (Å²) in [4.78, 5) is 0. The van der Waals surface area contributed by atoms with Crippen molar-refractivity contribution in [3.8, 4) is 0 Å². The molecule has 0 saturated carbocycles. The van der Waals surface area contributed by atoms with Crippen molar-refractivity contribution in [2.75, 3.05) is 6.61 Å². The molecule has 11 nitrogen and oxygen atoms in total. The summed E-state index contributed by atoms with van der Waals surface area (Å²) in [5, 5.41) is 34.1. The molecule has 4 aromatic rings. The first-order valence-electron chi connectivity index (χ1n) is 17.4. The molecule has 3 saturated heterocycles. The van der Waals surface area contributed by atoms with E-state index in [-0.39, 0.29) is 26.4 Å². The van der Waals surface area contributed by atoms with E-state index >= 15 is 0 Å². The Morgan fingerprint density at radius 2 is 1.12 bits per heavy atom. The maximum atomic E-state index is 11.7. The van der Waals surface area contributed by atoms with Gasteiger partial charge in [-0.2, -0.15) is 0 Å². The van der Waals surface area contributed by atoms with Crippen LogP contribution >= 0.6 is 22.6 Å². The second-order valence-corrected chi connectivity index (χ2v) is 14.2. The number of hydrogen-bond donors (Lipinski definition) is 3. The predicted octanol–water partition coefficient (Wildman–Crippen LogP) is 4.80. The van der Waals surface area contributed by atoms with Crippen LogP contribution in [0.2, 0.25) is 0 Å². The number of aliphatic hydroxyl groups excluding tert-OH is 3. The van der Waals surface area contributed by atoms with Crippen molar-refractivity contribution in [1.29, 1.82) is 0 Å². The molecule has 0 radical (unpaired) electrons. The SMILES string of the molecule is OC(I)[C@H]1O[C@H](O[C@@H]2[C@@H](O)[C@@H]3OC(c4ccccc4)OC[C@H]3O[C@@H]2O)[C@H](OCc2ccccc2)[C@@H](OCc2ccccc2)[C@@H]1OCc1ccccc1. The topological polar surface area (TPSA) is 135 Å². The highest BCUT2D eigenvalue weighted by atomic mass is 127. The van der Waals surface area contributed by atoms with Gasteiger partial charge < -0.3 is 53.2 Å². The summed E-state index contributed by atoms with van der Waals surface area (Å²) in [6.07, 6.45) is -11.4. The lowest BCUT2D eigenvalue weighted by Crippen LogP contribution is -2.67. The lowest BCUT2D eigenvalue weighted by atomic mass is 9.96. The van der Waals surface area contributed by atoms with Crippen LogP contribution in [0.15, 0.2) is 121 Å². The molecule has 3 aliphatic rings. The van der Waals surface area contributed by atoms with Crippen molar-refractivity contribution in [2.24, 2.45) is 0 Å². The van der Waals surface area contributed by atoms with Crippen LogP contribution in [-0.2, 0) is 57.7 Å². The molecule has 12 atom stereocenters. The third kappa shape index (κ3) is 9.09. The zero-order valence-electron chi connectivity index (χ0n) is 28.3. The molecule has 276 valence electrons. The minimum absolute atomic E-state index is 0.0900. The average molecular weight is 827 g/mol. The van der Waals surface area contributed by atoms with Gasteiger partial charge in [-0.3, -0.25) is 0 Å². The predicted molar refractivity (Wildman–Crippen MR) is 196 cm³/mol. The highest BCUT2D eigenvalue weighted by Gasteiger charge is 2.55. The number of hydrogen-bond acceptors (Lipinski definition) is 11. The summed E-state index contributed by atoms with van der Waals surface area (Å²) in [6, 6.07) is 38.4. The van der Waals surface area contributed by atoms with Crippen LogP contribution in [0.25, 0.3) is 0 Å². The first-order valence-corrected chi connectivity index (χ1v) is 18.6. The van der Waals surface area contributed by atoms with Gasteiger partial charge in [-0.05, 0) is 39.3 Å². The van der Waals surface area contributed by atoms with Crippen LogP contribution < -0.4 is 0 Å². The van der Waals surface area contributed by atoms with E-state index in [1.54, 1.807) is 0 Å². The standard InChI is InChI=1S/C40H43IO11/c41-37(43)35-33(45-21-25-13-5-1-6-14-25)34(46-22-26-15-7-2-8-16-26)36(47-23-27-17-9-3-10-18-27)40(52-35)51-32-30(42)31-29(49-38(32)44)24-48-39(50-31)28-19-11-4-12-20-28/h1-20,29-40,42-44H,21-24H2/t29-,30+,31-,32-,33+,34+,35+,36-,37?,38+,39?,40+/m1/s1. The zero-order chi connectivity index (χ0) is 35.9. The fourth-order valence-electron chi connectivity index (χ4n) is 6.69. The van der Waals surface area contributed by atoms with Crippen molar-refractivity contribution in [2.45, 2.75) is 91.6 Å². The Balaban J connectivity index is 1.18. The summed E-state index contributed by atoms with van der Waals surface area (Å²) in [6.45, 7) is 0.677. The number of ether oxygens (including phenoxy) is 8. The molecule has 3 N–H and O–H groups in total. The Hall–Kier alpha value is -2.83. The lowest BCUT2D eigenvalue weighted by molar-refractivity contribution is -0.393. The van der Waals surface area contributed by atoms with E-state index in [4.69, 9.17) is 37.9 Å². The fourth-order valence-corrected chi connectivity index (χ4v) is 7.26. The van der Waals surface area contributed by atoms with Crippen molar-refractivity contribution < 1.29 is 53.2 Å². The summed E-state index contributed by atoms with van der Waals surface area (Å²) in [5.41, 5.74) is 3.52. The van der Waals surface area contributed by atoms with E-state index in [0.29, 0.717) is 0 Å². The molecule has 0 aliphatic carbocycles. The molecule has 3 aliphatic heterocycles. The highest BCUT2D eigenvalue weighted by molar-refractivity contribution is 14.1. The third-order valence-corrected chi connectivity index (χ3v) is 10.1. The normalized spacial score (nSPS) is 32.5. The molecule has 2 unspecified atom stereocenters. The van der Waals surface area contributed by atoms with E-state index in [0.717, 1.165) is 22.3 Å². The molecule has 7 rings (SSSR count). The molecule has 0 spiro atoms. The third-order valence-electron chi connectivity index (χ3n) is 9.35. The van der Waals surface area contributed by atoms with Crippen molar-refractivity contribution >= 4 is 22.6 Å². The highest BCUT2D eigenvalue weighted by Crippen LogP contribution is 2.38. The van der Waals surface area contributed by atoms with Gasteiger partial charge in [0.1, 0.15) is 52.9 Å². The number of halogens is 1. The van der Waals surface area contributed by atoms with E-state index in [2.05, 4.69) is 0 Å². The monoisotopic (exact) mass is 826 g/mol. The number of rotatable bonds is 13. The Kier molecular flexibility index (Phi) is 13.0. The van der Waals surface area contributed by atoms with Gasteiger partial charge in [0.15, 0.2) is 18.9 Å². The first kappa shape index (κ1) is 37.5. The van der Waals surface area contributed by atoms with Gasteiger partial charge in [0.2, 0.25) is 0 Å². The molecule has 0 bridgehead atoms. The number of fused-ring (bicyclic) bond motifs is 1. The van der Waals surface area contributed by atoms with E-state index in [9.17, 15) is 15.3 Å². The van der Waals surface area contributed by atoms with Crippen LogP contribution in [0, 0.1) is 0 Å². The quantitative estimate of drug-likeness (QED) is 0.127. The maximum Gasteiger partial charge on any atom is 0.187 e. The molecule has 4 aromatic carbocycles. The summed E-state index contributed by atoms with van der Waals surface area (Å²) < 4.78 is 49.7. The minimum Gasteiger partial charge on any atom is -0.387 e. The lowest BCUT2D eigenvalue weighted by Gasteiger charge is -2.50. The molecule has 3 heterocycles. The van der Waals surface area contributed by atoms with Crippen LogP contribution in [0.4, 0.5) is 0 Å². The van der Waals surface area contributed by atoms with Crippen molar-refractivity contribution in [1.82, 2.24) is 0 Å². The van der Waals surface area contributed by atoms with E-state index in [1.165, 1.54) is 0 Å². The van der Waals surface area contributed by atoms with Crippen LogP contribution in [0.1, 0.15) is 28.5 Å². The van der Waals surface area contributed by atoms with Gasteiger partial charge in [-0.1, -0.05) is 121 Å². The van der Waals surface area contributed by atoms with Crippen molar-refractivity contribution in [3.63, 3.8) is 0 Å². The smallest absolute Gasteiger partial charge is 0.187 e.